The van der Waals surface area contributed by atoms with Gasteiger partial charge in [-0.1, -0.05) is 30.3 Å². The van der Waals surface area contributed by atoms with Gasteiger partial charge in [0.25, 0.3) is 0 Å². The van der Waals surface area contributed by atoms with Crippen LogP contribution in [0.25, 0.3) is 11.0 Å². The van der Waals surface area contributed by atoms with E-state index in [1.807, 2.05) is 42.5 Å². The lowest BCUT2D eigenvalue weighted by Crippen LogP contribution is -2.07. The highest BCUT2D eigenvalue weighted by Crippen LogP contribution is 2.31. The number of nitrogens with one attached hydrogen (secondary N) is 1. The number of aryl methyl sites for hydroxylation is 1. The molecular weight excluding hydrogens is 262 g/mol. The van der Waals surface area contributed by atoms with E-state index in [9.17, 15) is 5.11 Å². The van der Waals surface area contributed by atoms with Crippen LogP contribution in [0.1, 0.15) is 29.9 Å². The first-order valence-electron chi connectivity index (χ1n) is 7.13. The highest BCUT2D eigenvalue weighted by molar-refractivity contribution is 5.82. The maximum atomic E-state index is 9.21. The number of benzene rings is 2. The number of hydrogen-bond acceptors (Lipinski definition) is 3. The Morgan fingerprint density at radius 1 is 1.14 bits per heavy atom. The molecule has 0 saturated heterocycles. The van der Waals surface area contributed by atoms with Crippen molar-refractivity contribution >= 4 is 16.7 Å². The molecule has 2 N–H and O–H groups in total. The summed E-state index contributed by atoms with van der Waals surface area (Å²) in [7, 11) is 0. The Hall–Kier alpha value is -2.26. The second kappa shape index (κ2) is 5.62. The summed E-state index contributed by atoms with van der Waals surface area (Å²) >= 11 is 0. The molecule has 1 unspecified atom stereocenters. The Balaban J connectivity index is 1.89. The topological polar surface area (TPSA) is 45.4 Å². The SMILES string of the molecule is Cc1c(C(C)Nc2cccc(CO)c2)oc2ccccc12. The molecule has 1 aromatic heterocycles. The zero-order chi connectivity index (χ0) is 14.8. The second-order valence-corrected chi connectivity index (χ2v) is 5.31. The van der Waals surface area contributed by atoms with Gasteiger partial charge in [-0.15, -0.1) is 0 Å². The first kappa shape index (κ1) is 13.7. The fourth-order valence-electron chi connectivity index (χ4n) is 2.68. The lowest BCUT2D eigenvalue weighted by atomic mass is 10.1. The number of hydrogen-bond donors (Lipinski definition) is 2. The van der Waals surface area contributed by atoms with Gasteiger partial charge in [-0.05, 0) is 37.6 Å². The van der Waals surface area contributed by atoms with E-state index >= 15 is 0 Å². The molecule has 1 atom stereocenters. The fraction of sp³-hybridized carbons (Fsp3) is 0.222. The molecule has 3 rings (SSSR count). The molecule has 0 amide bonds. The Kier molecular flexibility index (Phi) is 3.67. The van der Waals surface area contributed by atoms with Crippen molar-refractivity contribution in [2.75, 3.05) is 5.32 Å². The first-order valence-corrected chi connectivity index (χ1v) is 7.13. The van der Waals surface area contributed by atoms with Crippen LogP contribution in [0.2, 0.25) is 0 Å². The van der Waals surface area contributed by atoms with Gasteiger partial charge in [0, 0.05) is 16.6 Å². The molecule has 0 saturated carbocycles. The Morgan fingerprint density at radius 3 is 2.71 bits per heavy atom. The minimum absolute atomic E-state index is 0.0492. The number of furan rings is 1. The fourth-order valence-corrected chi connectivity index (χ4v) is 2.68. The molecular formula is C18H19NO2. The standard InChI is InChI=1S/C18H19NO2/c1-12-16-8-3-4-9-17(16)21-18(12)13(2)19-15-7-5-6-14(10-15)11-20/h3-10,13,19-20H,11H2,1-2H3. The predicted octanol–water partition coefficient (Wildman–Crippen LogP) is 4.41. The zero-order valence-electron chi connectivity index (χ0n) is 12.3. The molecule has 0 aliphatic rings. The Morgan fingerprint density at radius 2 is 1.95 bits per heavy atom. The number of fused-ring (bicyclic) bond motifs is 1. The average Bonchev–Trinajstić information content (AvgIpc) is 2.85. The van der Waals surface area contributed by atoms with E-state index in [-0.39, 0.29) is 12.6 Å². The largest absolute Gasteiger partial charge is 0.459 e. The summed E-state index contributed by atoms with van der Waals surface area (Å²) in [6, 6.07) is 15.9. The highest BCUT2D eigenvalue weighted by atomic mass is 16.3. The minimum Gasteiger partial charge on any atom is -0.459 e. The smallest absolute Gasteiger partial charge is 0.134 e. The molecule has 0 radical (unpaired) electrons. The van der Waals surface area contributed by atoms with Crippen LogP contribution < -0.4 is 5.32 Å². The van der Waals surface area contributed by atoms with E-state index < -0.39 is 0 Å². The van der Waals surface area contributed by atoms with Gasteiger partial charge in [0.15, 0.2) is 0 Å². The number of rotatable bonds is 4. The average molecular weight is 281 g/mol. The van der Waals surface area contributed by atoms with Gasteiger partial charge in [-0.25, -0.2) is 0 Å². The van der Waals surface area contributed by atoms with Crippen molar-refractivity contribution in [2.45, 2.75) is 26.5 Å². The summed E-state index contributed by atoms with van der Waals surface area (Å²) in [5, 5.41) is 13.8. The normalized spacial score (nSPS) is 12.5. The van der Waals surface area contributed by atoms with Crippen LogP contribution in [0, 0.1) is 6.92 Å². The zero-order valence-corrected chi connectivity index (χ0v) is 12.3. The van der Waals surface area contributed by atoms with Gasteiger partial charge in [-0.3, -0.25) is 0 Å². The lowest BCUT2D eigenvalue weighted by molar-refractivity contribution is 0.282. The van der Waals surface area contributed by atoms with Gasteiger partial charge in [-0.2, -0.15) is 0 Å². The van der Waals surface area contributed by atoms with Gasteiger partial charge in [0.05, 0.1) is 12.6 Å². The summed E-state index contributed by atoms with van der Waals surface area (Å²) in [5.41, 5.74) is 3.97. The maximum absolute atomic E-state index is 9.21. The maximum Gasteiger partial charge on any atom is 0.134 e. The van der Waals surface area contributed by atoms with Crippen LogP contribution in [0.3, 0.4) is 0 Å². The van der Waals surface area contributed by atoms with Crippen molar-refractivity contribution < 1.29 is 9.52 Å². The third-order valence-electron chi connectivity index (χ3n) is 3.77. The summed E-state index contributed by atoms with van der Waals surface area (Å²) in [4.78, 5) is 0. The van der Waals surface area contributed by atoms with Gasteiger partial charge < -0.3 is 14.8 Å². The molecule has 0 aliphatic heterocycles. The van der Waals surface area contributed by atoms with Gasteiger partial charge >= 0.3 is 0 Å². The first-order chi connectivity index (χ1) is 10.2. The summed E-state index contributed by atoms with van der Waals surface area (Å²) in [6.45, 7) is 4.22. The number of aliphatic hydroxyl groups is 1. The van der Waals surface area contributed by atoms with E-state index in [2.05, 4.69) is 25.2 Å². The molecule has 108 valence electrons. The lowest BCUT2D eigenvalue weighted by Gasteiger charge is -2.14. The summed E-state index contributed by atoms with van der Waals surface area (Å²) < 4.78 is 5.98. The Bertz CT molecular complexity index is 761. The van der Waals surface area contributed by atoms with Crippen molar-refractivity contribution in [3.63, 3.8) is 0 Å². The van der Waals surface area contributed by atoms with Crippen LogP contribution in [-0.4, -0.2) is 5.11 Å². The van der Waals surface area contributed by atoms with Crippen molar-refractivity contribution in [2.24, 2.45) is 0 Å². The van der Waals surface area contributed by atoms with Crippen LogP contribution in [0.4, 0.5) is 5.69 Å². The third kappa shape index (κ3) is 2.65. The Labute approximate surface area is 124 Å². The van der Waals surface area contributed by atoms with Crippen molar-refractivity contribution in [1.82, 2.24) is 0 Å². The third-order valence-corrected chi connectivity index (χ3v) is 3.77. The van der Waals surface area contributed by atoms with Crippen molar-refractivity contribution in [3.05, 3.63) is 65.4 Å². The molecule has 3 aromatic rings. The van der Waals surface area contributed by atoms with Gasteiger partial charge in [0.1, 0.15) is 11.3 Å². The molecule has 2 aromatic carbocycles. The summed E-state index contributed by atoms with van der Waals surface area (Å²) in [5.74, 6) is 0.950. The second-order valence-electron chi connectivity index (χ2n) is 5.31. The highest BCUT2D eigenvalue weighted by Gasteiger charge is 2.16. The van der Waals surface area contributed by atoms with Crippen LogP contribution in [-0.2, 0) is 6.61 Å². The van der Waals surface area contributed by atoms with Crippen LogP contribution in [0.5, 0.6) is 0 Å². The molecule has 0 aliphatic carbocycles. The monoisotopic (exact) mass is 281 g/mol. The molecule has 0 fully saturated rings. The van der Waals surface area contributed by atoms with Crippen LogP contribution >= 0.6 is 0 Å². The van der Waals surface area contributed by atoms with E-state index in [1.165, 1.54) is 5.56 Å². The summed E-state index contributed by atoms with van der Waals surface area (Å²) in [6.07, 6.45) is 0. The molecule has 21 heavy (non-hydrogen) atoms. The van der Waals surface area contributed by atoms with Crippen LogP contribution in [0.15, 0.2) is 52.9 Å². The number of aliphatic hydroxyl groups excluding tert-OH is 1. The van der Waals surface area contributed by atoms with E-state index in [4.69, 9.17) is 4.42 Å². The quantitative estimate of drug-likeness (QED) is 0.744. The molecule has 3 heteroatoms. The molecule has 0 bridgehead atoms. The predicted molar refractivity (Wildman–Crippen MR) is 85.4 cm³/mol. The van der Waals surface area contributed by atoms with Crippen molar-refractivity contribution in [1.29, 1.82) is 0 Å². The number of anilines is 1. The van der Waals surface area contributed by atoms with E-state index in [0.717, 1.165) is 28.0 Å². The number of para-hydroxylation sites is 1. The van der Waals surface area contributed by atoms with E-state index in [1.54, 1.807) is 0 Å². The van der Waals surface area contributed by atoms with Gasteiger partial charge in [0.2, 0.25) is 0 Å². The molecule has 0 spiro atoms. The molecule has 3 nitrogen and oxygen atoms in total. The van der Waals surface area contributed by atoms with E-state index in [0.29, 0.717) is 0 Å². The van der Waals surface area contributed by atoms with Crippen molar-refractivity contribution in [3.8, 4) is 0 Å². The minimum atomic E-state index is 0.0492. The molecule has 1 heterocycles.